The van der Waals surface area contributed by atoms with Gasteiger partial charge in [0.15, 0.2) is 0 Å². The van der Waals surface area contributed by atoms with Gasteiger partial charge in [0, 0.05) is 10.8 Å². The van der Waals surface area contributed by atoms with Crippen LogP contribution < -0.4 is 0 Å². The Kier molecular flexibility index (Phi) is 1.70. The van der Waals surface area contributed by atoms with Gasteiger partial charge in [0.1, 0.15) is 0 Å². The van der Waals surface area contributed by atoms with Crippen LogP contribution in [-0.4, -0.2) is 10.2 Å². The maximum absolute atomic E-state index is 5.99. The molecule has 0 aliphatic rings. The molecule has 0 unspecified atom stereocenters. The van der Waals surface area contributed by atoms with Crippen molar-refractivity contribution >= 4 is 22.4 Å². The first-order valence-electron chi connectivity index (χ1n) is 3.65. The lowest BCUT2D eigenvalue weighted by atomic mass is 10.1. The van der Waals surface area contributed by atoms with E-state index in [1.165, 1.54) is 0 Å². The number of rotatable bonds is 0. The molecule has 0 aliphatic heterocycles. The van der Waals surface area contributed by atoms with E-state index in [-0.39, 0.29) is 0 Å². The van der Waals surface area contributed by atoms with Crippen LogP contribution in [0.25, 0.3) is 10.8 Å². The Hall–Kier alpha value is -1.15. The molecule has 0 fully saturated rings. The lowest BCUT2D eigenvalue weighted by molar-refractivity contribution is 1.00. The quantitative estimate of drug-likeness (QED) is 0.620. The van der Waals surface area contributed by atoms with Gasteiger partial charge in [0.05, 0.1) is 16.9 Å². The molecule has 0 N–H and O–H groups in total. The van der Waals surface area contributed by atoms with Gasteiger partial charge in [-0.3, -0.25) is 0 Å². The number of hydrogen-bond acceptors (Lipinski definition) is 2. The fraction of sp³-hybridized carbons (Fsp3) is 0.111. The molecule has 0 aliphatic carbocycles. The van der Waals surface area contributed by atoms with Crippen molar-refractivity contribution in [2.45, 2.75) is 6.92 Å². The largest absolute Gasteiger partial charge is 0.158 e. The van der Waals surface area contributed by atoms with Crippen LogP contribution in [0.15, 0.2) is 24.4 Å². The SMILES string of the molecule is Cc1nncc2cccc(Cl)c12. The molecule has 1 aromatic carbocycles. The topological polar surface area (TPSA) is 25.8 Å². The number of hydrogen-bond donors (Lipinski definition) is 0. The molecule has 0 amide bonds. The number of aryl methyl sites for hydroxylation is 1. The average Bonchev–Trinajstić information content (AvgIpc) is 2.04. The second-order valence-corrected chi connectivity index (χ2v) is 3.04. The lowest BCUT2D eigenvalue weighted by Crippen LogP contribution is -1.87. The van der Waals surface area contributed by atoms with Gasteiger partial charge >= 0.3 is 0 Å². The number of halogens is 1. The molecule has 0 atom stereocenters. The molecule has 60 valence electrons. The second kappa shape index (κ2) is 2.72. The maximum atomic E-state index is 5.99. The Bertz CT molecular complexity index is 389. The Morgan fingerprint density at radius 1 is 1.33 bits per heavy atom. The zero-order chi connectivity index (χ0) is 8.55. The first-order chi connectivity index (χ1) is 5.79. The minimum Gasteiger partial charge on any atom is -0.158 e. The van der Waals surface area contributed by atoms with Crippen molar-refractivity contribution in [3.05, 3.63) is 35.1 Å². The minimum atomic E-state index is 0.736. The highest BCUT2D eigenvalue weighted by Crippen LogP contribution is 2.23. The van der Waals surface area contributed by atoms with Gasteiger partial charge in [0.2, 0.25) is 0 Å². The third-order valence-electron chi connectivity index (χ3n) is 1.81. The summed E-state index contributed by atoms with van der Waals surface area (Å²) in [4.78, 5) is 0. The number of aromatic nitrogens is 2. The predicted molar refractivity (Wildman–Crippen MR) is 49.3 cm³/mol. The molecule has 0 saturated carbocycles. The average molecular weight is 179 g/mol. The molecule has 0 saturated heterocycles. The molecule has 2 aromatic rings. The van der Waals surface area contributed by atoms with Crippen molar-refractivity contribution in [2.75, 3.05) is 0 Å². The van der Waals surface area contributed by atoms with Crippen LogP contribution in [0.3, 0.4) is 0 Å². The van der Waals surface area contributed by atoms with E-state index in [9.17, 15) is 0 Å². The van der Waals surface area contributed by atoms with Crippen molar-refractivity contribution in [3.63, 3.8) is 0 Å². The van der Waals surface area contributed by atoms with Gasteiger partial charge in [-0.2, -0.15) is 10.2 Å². The molecular formula is C9H7ClN2. The standard InChI is InChI=1S/C9H7ClN2/c1-6-9-7(5-11-12-6)3-2-4-8(9)10/h2-5H,1H3. The smallest absolute Gasteiger partial charge is 0.0693 e. The Balaban J connectivity index is 2.96. The molecule has 0 spiro atoms. The number of fused-ring (bicyclic) bond motifs is 1. The third-order valence-corrected chi connectivity index (χ3v) is 2.13. The highest BCUT2D eigenvalue weighted by molar-refractivity contribution is 6.35. The number of nitrogens with zero attached hydrogens (tertiary/aromatic N) is 2. The van der Waals surface area contributed by atoms with E-state index in [1.807, 2.05) is 25.1 Å². The van der Waals surface area contributed by atoms with Crippen molar-refractivity contribution in [2.24, 2.45) is 0 Å². The summed E-state index contributed by atoms with van der Waals surface area (Å²) in [5.41, 5.74) is 0.873. The number of benzene rings is 1. The summed E-state index contributed by atoms with van der Waals surface area (Å²) in [7, 11) is 0. The van der Waals surface area contributed by atoms with E-state index in [0.29, 0.717) is 0 Å². The first kappa shape index (κ1) is 7.50. The molecule has 0 radical (unpaired) electrons. The summed E-state index contributed by atoms with van der Waals surface area (Å²) < 4.78 is 0. The normalized spacial score (nSPS) is 10.5. The highest BCUT2D eigenvalue weighted by atomic mass is 35.5. The van der Waals surface area contributed by atoms with Crippen LogP contribution in [0.5, 0.6) is 0 Å². The Morgan fingerprint density at radius 2 is 2.17 bits per heavy atom. The van der Waals surface area contributed by atoms with E-state index < -0.39 is 0 Å². The van der Waals surface area contributed by atoms with Crippen molar-refractivity contribution in [3.8, 4) is 0 Å². The first-order valence-corrected chi connectivity index (χ1v) is 4.03. The van der Waals surface area contributed by atoms with Gasteiger partial charge in [-0.25, -0.2) is 0 Å². The minimum absolute atomic E-state index is 0.736. The molecule has 2 rings (SSSR count). The summed E-state index contributed by atoms with van der Waals surface area (Å²) in [6.45, 7) is 1.90. The van der Waals surface area contributed by atoms with Gasteiger partial charge < -0.3 is 0 Å². The summed E-state index contributed by atoms with van der Waals surface area (Å²) in [5, 5.41) is 10.5. The van der Waals surface area contributed by atoms with Crippen LogP contribution in [-0.2, 0) is 0 Å². The maximum Gasteiger partial charge on any atom is 0.0693 e. The second-order valence-electron chi connectivity index (χ2n) is 2.63. The van der Waals surface area contributed by atoms with E-state index in [0.717, 1.165) is 21.5 Å². The highest BCUT2D eigenvalue weighted by Gasteiger charge is 2.01. The van der Waals surface area contributed by atoms with E-state index in [4.69, 9.17) is 11.6 Å². The van der Waals surface area contributed by atoms with Crippen LogP contribution in [0, 0.1) is 6.92 Å². The predicted octanol–water partition coefficient (Wildman–Crippen LogP) is 2.59. The van der Waals surface area contributed by atoms with E-state index in [2.05, 4.69) is 10.2 Å². The Labute approximate surface area is 75.2 Å². The van der Waals surface area contributed by atoms with Gasteiger partial charge in [-0.05, 0) is 13.0 Å². The van der Waals surface area contributed by atoms with Crippen LogP contribution in [0.4, 0.5) is 0 Å². The van der Waals surface area contributed by atoms with Crippen molar-refractivity contribution < 1.29 is 0 Å². The summed E-state index contributed by atoms with van der Waals surface area (Å²) in [5.74, 6) is 0. The molecule has 1 heterocycles. The molecule has 2 nitrogen and oxygen atoms in total. The van der Waals surface area contributed by atoms with Crippen LogP contribution in [0.1, 0.15) is 5.69 Å². The molecule has 1 aromatic heterocycles. The summed E-state index contributed by atoms with van der Waals surface area (Å²) in [6, 6.07) is 5.74. The van der Waals surface area contributed by atoms with Gasteiger partial charge in [0.25, 0.3) is 0 Å². The molecule has 3 heteroatoms. The molecule has 0 bridgehead atoms. The van der Waals surface area contributed by atoms with Gasteiger partial charge in [-0.15, -0.1) is 0 Å². The van der Waals surface area contributed by atoms with Crippen LogP contribution in [0.2, 0.25) is 5.02 Å². The zero-order valence-electron chi connectivity index (χ0n) is 6.58. The summed E-state index contributed by atoms with van der Waals surface area (Å²) >= 11 is 5.99. The summed E-state index contributed by atoms with van der Waals surface area (Å²) in [6.07, 6.45) is 1.72. The zero-order valence-corrected chi connectivity index (χ0v) is 7.34. The fourth-order valence-corrected chi connectivity index (χ4v) is 1.58. The van der Waals surface area contributed by atoms with Crippen molar-refractivity contribution in [1.29, 1.82) is 0 Å². The lowest BCUT2D eigenvalue weighted by Gasteiger charge is -2.00. The van der Waals surface area contributed by atoms with Crippen molar-refractivity contribution in [1.82, 2.24) is 10.2 Å². The van der Waals surface area contributed by atoms with Crippen LogP contribution >= 0.6 is 11.6 Å². The van der Waals surface area contributed by atoms with Gasteiger partial charge in [-0.1, -0.05) is 23.7 Å². The van der Waals surface area contributed by atoms with E-state index in [1.54, 1.807) is 6.20 Å². The molecule has 12 heavy (non-hydrogen) atoms. The fourth-order valence-electron chi connectivity index (χ4n) is 1.26. The Morgan fingerprint density at radius 3 is 2.92 bits per heavy atom. The molecular weight excluding hydrogens is 172 g/mol. The van der Waals surface area contributed by atoms with E-state index >= 15 is 0 Å². The third kappa shape index (κ3) is 1.04. The monoisotopic (exact) mass is 178 g/mol.